The highest BCUT2D eigenvalue weighted by molar-refractivity contribution is 7.09. The molecule has 0 amide bonds. The van der Waals surface area contributed by atoms with Gasteiger partial charge in [-0.15, -0.1) is 16.4 Å². The van der Waals surface area contributed by atoms with Crippen LogP contribution in [0.1, 0.15) is 35.3 Å². The molecule has 5 rings (SSSR count). The van der Waals surface area contributed by atoms with Crippen molar-refractivity contribution in [3.05, 3.63) is 58.3 Å². The molecule has 0 spiro atoms. The number of likely N-dealkylation sites (tertiary alicyclic amines) is 1. The third kappa shape index (κ3) is 3.50. The van der Waals surface area contributed by atoms with Crippen LogP contribution in [-0.2, 0) is 13.1 Å². The van der Waals surface area contributed by atoms with E-state index in [2.05, 4.69) is 55.1 Å². The van der Waals surface area contributed by atoms with Crippen LogP contribution in [0.5, 0.6) is 0 Å². The molecule has 0 unspecified atom stereocenters. The van der Waals surface area contributed by atoms with Gasteiger partial charge >= 0.3 is 0 Å². The monoisotopic (exact) mass is 379 g/mol. The summed E-state index contributed by atoms with van der Waals surface area (Å²) in [6.45, 7) is 3.61. The van der Waals surface area contributed by atoms with Crippen LogP contribution in [0.4, 0.5) is 0 Å². The Morgan fingerprint density at radius 2 is 1.96 bits per heavy atom. The molecule has 0 radical (unpaired) electrons. The fourth-order valence-electron chi connectivity index (χ4n) is 3.74. The van der Waals surface area contributed by atoms with Crippen LogP contribution >= 0.6 is 11.3 Å². The molecular formula is C19H21N7S. The molecule has 0 bridgehead atoms. The van der Waals surface area contributed by atoms with E-state index in [1.807, 2.05) is 16.8 Å². The van der Waals surface area contributed by atoms with Crippen LogP contribution < -0.4 is 0 Å². The molecular weight excluding hydrogens is 358 g/mol. The van der Waals surface area contributed by atoms with Crippen molar-refractivity contribution in [1.82, 2.24) is 35.1 Å². The summed E-state index contributed by atoms with van der Waals surface area (Å²) in [5.41, 5.74) is 2.19. The highest BCUT2D eigenvalue weighted by atomic mass is 32.1. The number of nitrogens with zero attached hydrogens (tertiary/aromatic N) is 6. The average Bonchev–Trinajstić information content (AvgIpc) is 3.44. The van der Waals surface area contributed by atoms with Crippen LogP contribution in [-0.4, -0.2) is 48.2 Å². The predicted octanol–water partition coefficient (Wildman–Crippen LogP) is 3.04. The normalized spacial score (nSPS) is 16.3. The van der Waals surface area contributed by atoms with Crippen LogP contribution in [0.3, 0.4) is 0 Å². The second-order valence-electron chi connectivity index (χ2n) is 7.02. The van der Waals surface area contributed by atoms with Gasteiger partial charge in [-0.2, -0.15) is 0 Å². The molecule has 0 saturated carbocycles. The Morgan fingerprint density at radius 3 is 2.78 bits per heavy atom. The molecule has 0 aliphatic carbocycles. The van der Waals surface area contributed by atoms with Crippen molar-refractivity contribution < 1.29 is 0 Å². The molecule has 8 heteroatoms. The fourth-order valence-corrected chi connectivity index (χ4v) is 4.43. The zero-order valence-electron chi connectivity index (χ0n) is 15.0. The standard InChI is InChI=1S/C19H21N7S/c1-2-6-17-16(5-1)20-19(21-17)14-7-9-25(10-8-14)13-18-22-23-24-26(18)12-15-4-3-11-27-15/h1-6,11,14H,7-10,12-13H2,(H,20,21). The number of benzene rings is 1. The molecule has 3 aromatic heterocycles. The largest absolute Gasteiger partial charge is 0.342 e. The number of aromatic nitrogens is 6. The molecule has 4 aromatic rings. The maximum absolute atomic E-state index is 4.78. The molecule has 1 aromatic carbocycles. The molecule has 1 saturated heterocycles. The van der Waals surface area contributed by atoms with E-state index in [-0.39, 0.29) is 0 Å². The van der Waals surface area contributed by atoms with Gasteiger partial charge in [0.05, 0.1) is 24.1 Å². The first kappa shape index (κ1) is 16.6. The van der Waals surface area contributed by atoms with Crippen LogP contribution in [0.2, 0.25) is 0 Å². The van der Waals surface area contributed by atoms with Crippen molar-refractivity contribution in [2.45, 2.75) is 31.8 Å². The van der Waals surface area contributed by atoms with Crippen molar-refractivity contribution in [3.8, 4) is 0 Å². The van der Waals surface area contributed by atoms with Crippen molar-refractivity contribution >= 4 is 22.4 Å². The maximum Gasteiger partial charge on any atom is 0.165 e. The number of tetrazole rings is 1. The Morgan fingerprint density at radius 1 is 1.07 bits per heavy atom. The summed E-state index contributed by atoms with van der Waals surface area (Å²) in [5, 5.41) is 14.4. The first-order valence-electron chi connectivity index (χ1n) is 9.29. The van der Waals surface area contributed by atoms with E-state index < -0.39 is 0 Å². The molecule has 1 aliphatic rings. The van der Waals surface area contributed by atoms with Crippen molar-refractivity contribution in [1.29, 1.82) is 0 Å². The average molecular weight is 379 g/mol. The lowest BCUT2D eigenvalue weighted by molar-refractivity contribution is 0.195. The van der Waals surface area contributed by atoms with E-state index in [1.165, 1.54) is 4.88 Å². The van der Waals surface area contributed by atoms with Gasteiger partial charge in [0.1, 0.15) is 5.82 Å². The van der Waals surface area contributed by atoms with E-state index in [4.69, 9.17) is 4.98 Å². The van der Waals surface area contributed by atoms with Crippen molar-refractivity contribution in [2.24, 2.45) is 0 Å². The molecule has 1 aliphatic heterocycles. The molecule has 0 atom stereocenters. The Balaban J connectivity index is 1.22. The molecule has 1 fully saturated rings. The number of H-pyrrole nitrogens is 1. The second-order valence-corrected chi connectivity index (χ2v) is 8.05. The summed E-state index contributed by atoms with van der Waals surface area (Å²) < 4.78 is 1.91. The number of rotatable bonds is 5. The first-order valence-corrected chi connectivity index (χ1v) is 10.2. The first-order chi connectivity index (χ1) is 13.3. The number of imidazole rings is 1. The summed E-state index contributed by atoms with van der Waals surface area (Å²) >= 11 is 1.74. The minimum absolute atomic E-state index is 0.496. The lowest BCUT2D eigenvalue weighted by Crippen LogP contribution is -2.33. The third-order valence-corrected chi connectivity index (χ3v) is 6.10. The molecule has 1 N–H and O–H groups in total. The van der Waals surface area contributed by atoms with Crippen LogP contribution in [0, 0.1) is 0 Å². The summed E-state index contributed by atoms with van der Waals surface area (Å²) in [5.74, 6) is 2.56. The lowest BCUT2D eigenvalue weighted by atomic mass is 9.96. The minimum Gasteiger partial charge on any atom is -0.342 e. The van der Waals surface area contributed by atoms with Crippen LogP contribution in [0.15, 0.2) is 41.8 Å². The van der Waals surface area contributed by atoms with Gasteiger partial charge in [0.2, 0.25) is 0 Å². The zero-order valence-corrected chi connectivity index (χ0v) is 15.8. The third-order valence-electron chi connectivity index (χ3n) is 5.24. The fraction of sp³-hybridized carbons (Fsp3) is 0.368. The van der Waals surface area contributed by atoms with Gasteiger partial charge in [-0.3, -0.25) is 4.90 Å². The number of aromatic amines is 1. The van der Waals surface area contributed by atoms with Gasteiger partial charge in [-0.05, 0) is 59.9 Å². The molecule has 7 nitrogen and oxygen atoms in total. The van der Waals surface area contributed by atoms with Gasteiger partial charge in [-0.25, -0.2) is 9.67 Å². The summed E-state index contributed by atoms with van der Waals surface area (Å²) in [7, 11) is 0. The van der Waals surface area contributed by atoms with E-state index in [9.17, 15) is 0 Å². The van der Waals surface area contributed by atoms with Crippen LogP contribution in [0.25, 0.3) is 11.0 Å². The van der Waals surface area contributed by atoms with E-state index >= 15 is 0 Å². The Bertz CT molecular complexity index is 979. The Kier molecular flexibility index (Phi) is 4.43. The zero-order chi connectivity index (χ0) is 18.1. The topological polar surface area (TPSA) is 75.5 Å². The lowest BCUT2D eigenvalue weighted by Gasteiger charge is -2.30. The number of piperidine rings is 1. The predicted molar refractivity (Wildman–Crippen MR) is 105 cm³/mol. The van der Waals surface area contributed by atoms with E-state index in [0.29, 0.717) is 5.92 Å². The number of hydrogen-bond acceptors (Lipinski definition) is 6. The summed E-state index contributed by atoms with van der Waals surface area (Å²) in [6.07, 6.45) is 2.21. The highest BCUT2D eigenvalue weighted by Gasteiger charge is 2.24. The number of nitrogens with one attached hydrogen (secondary N) is 1. The molecule has 27 heavy (non-hydrogen) atoms. The van der Waals surface area contributed by atoms with Gasteiger partial charge in [0.15, 0.2) is 5.82 Å². The van der Waals surface area contributed by atoms with Gasteiger partial charge in [-0.1, -0.05) is 18.2 Å². The van der Waals surface area contributed by atoms with E-state index in [0.717, 1.165) is 61.7 Å². The van der Waals surface area contributed by atoms with Crippen molar-refractivity contribution in [2.75, 3.05) is 13.1 Å². The summed E-state index contributed by atoms with van der Waals surface area (Å²) in [6, 6.07) is 12.4. The second kappa shape index (κ2) is 7.21. The number of fused-ring (bicyclic) bond motifs is 1. The van der Waals surface area contributed by atoms with Gasteiger partial charge in [0, 0.05) is 10.8 Å². The number of hydrogen-bond donors (Lipinski definition) is 1. The van der Waals surface area contributed by atoms with Crippen molar-refractivity contribution in [3.63, 3.8) is 0 Å². The smallest absolute Gasteiger partial charge is 0.165 e. The van der Waals surface area contributed by atoms with E-state index in [1.54, 1.807) is 11.3 Å². The Labute approximate surface area is 161 Å². The van der Waals surface area contributed by atoms with Gasteiger partial charge in [0.25, 0.3) is 0 Å². The van der Waals surface area contributed by atoms with Gasteiger partial charge < -0.3 is 4.98 Å². The summed E-state index contributed by atoms with van der Waals surface area (Å²) in [4.78, 5) is 12.0. The number of thiophene rings is 1. The molecule has 138 valence electrons. The molecule has 4 heterocycles. The quantitative estimate of drug-likeness (QED) is 0.577. The maximum atomic E-state index is 4.78. The highest BCUT2D eigenvalue weighted by Crippen LogP contribution is 2.28. The number of para-hydroxylation sites is 2. The Hall–Kier alpha value is -2.58. The SMILES string of the molecule is c1csc(Cn2nnnc2CN2CCC(c3nc4ccccc4[nH]3)CC2)c1. The minimum atomic E-state index is 0.496.